The number of aromatic nitrogens is 6. The second kappa shape index (κ2) is 8.41. The van der Waals surface area contributed by atoms with Gasteiger partial charge in [-0.2, -0.15) is 0 Å². The van der Waals surface area contributed by atoms with Crippen LogP contribution in [0, 0.1) is 11.8 Å². The van der Waals surface area contributed by atoms with Crippen molar-refractivity contribution < 1.29 is 4.79 Å². The summed E-state index contributed by atoms with van der Waals surface area (Å²) < 4.78 is 1.61. The molecule has 0 atom stereocenters. The van der Waals surface area contributed by atoms with Crippen LogP contribution < -0.4 is 4.90 Å². The quantitative estimate of drug-likeness (QED) is 0.775. The molecule has 0 saturated carbocycles. The summed E-state index contributed by atoms with van der Waals surface area (Å²) in [5.74, 6) is 2.69. The van der Waals surface area contributed by atoms with Crippen molar-refractivity contribution in [3.05, 3.63) is 24.9 Å². The number of anilines is 1. The van der Waals surface area contributed by atoms with E-state index in [1.807, 2.05) is 11.1 Å². The Morgan fingerprint density at radius 1 is 1.04 bits per heavy atom. The highest BCUT2D eigenvalue weighted by Crippen LogP contribution is 2.33. The Morgan fingerprint density at radius 2 is 1.78 bits per heavy atom. The van der Waals surface area contributed by atoms with Crippen molar-refractivity contribution in [2.24, 2.45) is 11.8 Å². The minimum absolute atomic E-state index is 0.210. The van der Waals surface area contributed by atoms with E-state index in [-0.39, 0.29) is 5.91 Å². The molecule has 0 aliphatic carbocycles. The number of likely N-dealkylation sites (tertiary alicyclic amines) is 1. The Labute approximate surface area is 158 Å². The first-order valence-electron chi connectivity index (χ1n) is 9.79. The number of hydrogen-bond acceptors (Lipinski definition) is 7. The number of hydrogen-bond donors (Lipinski definition) is 0. The SMILES string of the molecule is O=C(CCn1cnnn1)N1CCC(C2CCN(c3cnccn3)CC2)CC1. The van der Waals surface area contributed by atoms with Crippen LogP contribution in [0.5, 0.6) is 0 Å². The summed E-state index contributed by atoms with van der Waals surface area (Å²) in [6.07, 6.45) is 12.0. The molecule has 0 bridgehead atoms. The highest BCUT2D eigenvalue weighted by atomic mass is 16.2. The van der Waals surface area contributed by atoms with Gasteiger partial charge in [-0.1, -0.05) is 0 Å². The Bertz CT molecular complexity index is 706. The molecular weight excluding hydrogens is 344 g/mol. The van der Waals surface area contributed by atoms with E-state index in [1.54, 1.807) is 23.4 Å². The van der Waals surface area contributed by atoms with E-state index >= 15 is 0 Å². The molecule has 144 valence electrons. The molecule has 0 spiro atoms. The first kappa shape index (κ1) is 17.8. The fourth-order valence-electron chi connectivity index (χ4n) is 4.33. The van der Waals surface area contributed by atoms with Gasteiger partial charge in [0.1, 0.15) is 12.1 Å². The summed E-state index contributed by atoms with van der Waals surface area (Å²) in [4.78, 5) is 25.3. The van der Waals surface area contributed by atoms with Gasteiger partial charge in [0.05, 0.1) is 12.7 Å². The fourth-order valence-corrected chi connectivity index (χ4v) is 4.33. The van der Waals surface area contributed by atoms with Crippen molar-refractivity contribution in [1.82, 2.24) is 35.1 Å². The third-order valence-corrected chi connectivity index (χ3v) is 5.92. The molecule has 0 aromatic carbocycles. The Balaban J connectivity index is 1.20. The molecule has 0 unspecified atom stereocenters. The number of rotatable bonds is 5. The minimum atomic E-state index is 0.210. The first-order chi connectivity index (χ1) is 13.3. The predicted octanol–water partition coefficient (Wildman–Crippen LogP) is 1.01. The number of carbonyl (C=O) groups excluding carboxylic acids is 1. The minimum Gasteiger partial charge on any atom is -0.355 e. The van der Waals surface area contributed by atoms with E-state index in [2.05, 4.69) is 30.4 Å². The van der Waals surface area contributed by atoms with E-state index in [1.165, 1.54) is 12.8 Å². The van der Waals surface area contributed by atoms with E-state index in [4.69, 9.17) is 0 Å². The molecule has 4 rings (SSSR count). The summed E-state index contributed by atoms with van der Waals surface area (Å²) in [7, 11) is 0. The van der Waals surface area contributed by atoms with Crippen molar-refractivity contribution in [3.63, 3.8) is 0 Å². The Kier molecular flexibility index (Phi) is 5.55. The maximum absolute atomic E-state index is 12.4. The molecule has 27 heavy (non-hydrogen) atoms. The molecular formula is C18H26N8O. The summed E-state index contributed by atoms with van der Waals surface area (Å²) in [5, 5.41) is 11.0. The summed E-state index contributed by atoms with van der Waals surface area (Å²) >= 11 is 0. The average Bonchev–Trinajstić information content (AvgIpc) is 3.27. The van der Waals surface area contributed by atoms with Crippen molar-refractivity contribution in [2.45, 2.75) is 38.6 Å². The number of carbonyl (C=O) groups is 1. The third kappa shape index (κ3) is 4.40. The number of nitrogens with zero attached hydrogens (tertiary/aromatic N) is 8. The van der Waals surface area contributed by atoms with Crippen LogP contribution in [-0.4, -0.2) is 67.2 Å². The van der Waals surface area contributed by atoms with Gasteiger partial charge in [0.2, 0.25) is 5.91 Å². The number of tetrazole rings is 1. The van der Waals surface area contributed by atoms with Crippen molar-refractivity contribution in [1.29, 1.82) is 0 Å². The van der Waals surface area contributed by atoms with Gasteiger partial charge in [-0.15, -0.1) is 5.10 Å². The molecule has 2 fully saturated rings. The molecule has 1 amide bonds. The zero-order valence-electron chi connectivity index (χ0n) is 15.5. The topological polar surface area (TPSA) is 92.9 Å². The molecule has 0 radical (unpaired) electrons. The van der Waals surface area contributed by atoms with Crippen LogP contribution in [0.3, 0.4) is 0 Å². The third-order valence-electron chi connectivity index (χ3n) is 5.92. The van der Waals surface area contributed by atoms with Gasteiger partial charge in [-0.3, -0.25) is 9.78 Å². The molecule has 0 N–H and O–H groups in total. The number of piperidine rings is 2. The zero-order valence-corrected chi connectivity index (χ0v) is 15.5. The Morgan fingerprint density at radius 3 is 2.41 bits per heavy atom. The number of amides is 1. The molecule has 2 saturated heterocycles. The second-order valence-electron chi connectivity index (χ2n) is 7.43. The smallest absolute Gasteiger partial charge is 0.224 e. The molecule has 9 nitrogen and oxygen atoms in total. The number of aryl methyl sites for hydroxylation is 1. The van der Waals surface area contributed by atoms with Gasteiger partial charge in [0.15, 0.2) is 0 Å². The Hall–Kier alpha value is -2.58. The van der Waals surface area contributed by atoms with Crippen molar-refractivity contribution in [3.8, 4) is 0 Å². The van der Waals surface area contributed by atoms with Gasteiger partial charge in [0, 0.05) is 45.0 Å². The standard InChI is InChI=1S/C18H26N8O/c27-18(5-12-26-14-21-22-23-26)25-10-3-16(4-11-25)15-1-8-24(9-2-15)17-13-19-6-7-20-17/h6-7,13-16H,1-5,8-12H2. The highest BCUT2D eigenvalue weighted by Gasteiger charge is 2.31. The van der Waals surface area contributed by atoms with Crippen LogP contribution in [0.4, 0.5) is 5.82 Å². The van der Waals surface area contributed by atoms with Crippen LogP contribution in [0.1, 0.15) is 32.1 Å². The van der Waals surface area contributed by atoms with E-state index in [0.717, 1.165) is 56.7 Å². The first-order valence-corrected chi connectivity index (χ1v) is 9.79. The lowest BCUT2D eigenvalue weighted by Gasteiger charge is -2.40. The molecule has 2 aliphatic heterocycles. The molecule has 4 heterocycles. The lowest BCUT2D eigenvalue weighted by Crippen LogP contribution is -2.43. The van der Waals surface area contributed by atoms with Crippen molar-refractivity contribution >= 4 is 11.7 Å². The monoisotopic (exact) mass is 370 g/mol. The molecule has 2 aromatic rings. The van der Waals surface area contributed by atoms with Crippen molar-refractivity contribution in [2.75, 3.05) is 31.1 Å². The van der Waals surface area contributed by atoms with E-state index in [9.17, 15) is 4.79 Å². The zero-order chi connectivity index (χ0) is 18.5. The summed E-state index contributed by atoms with van der Waals surface area (Å²) in [6, 6.07) is 0. The van der Waals surface area contributed by atoms with E-state index in [0.29, 0.717) is 13.0 Å². The van der Waals surface area contributed by atoms with Crippen LogP contribution in [-0.2, 0) is 11.3 Å². The second-order valence-corrected chi connectivity index (χ2v) is 7.43. The summed E-state index contributed by atoms with van der Waals surface area (Å²) in [6.45, 7) is 4.41. The molecule has 2 aromatic heterocycles. The van der Waals surface area contributed by atoms with Crippen LogP contribution >= 0.6 is 0 Å². The van der Waals surface area contributed by atoms with Crippen LogP contribution in [0.15, 0.2) is 24.9 Å². The van der Waals surface area contributed by atoms with Gasteiger partial charge in [0.25, 0.3) is 0 Å². The molecule has 2 aliphatic rings. The lowest BCUT2D eigenvalue weighted by atomic mass is 9.79. The summed E-state index contributed by atoms with van der Waals surface area (Å²) in [5.41, 5.74) is 0. The predicted molar refractivity (Wildman–Crippen MR) is 98.7 cm³/mol. The normalized spacial score (nSPS) is 19.4. The van der Waals surface area contributed by atoms with Crippen LogP contribution in [0.25, 0.3) is 0 Å². The van der Waals surface area contributed by atoms with Gasteiger partial charge < -0.3 is 9.80 Å². The maximum Gasteiger partial charge on any atom is 0.224 e. The average molecular weight is 370 g/mol. The maximum atomic E-state index is 12.4. The van der Waals surface area contributed by atoms with Gasteiger partial charge >= 0.3 is 0 Å². The fraction of sp³-hybridized carbons (Fsp3) is 0.667. The highest BCUT2D eigenvalue weighted by molar-refractivity contribution is 5.76. The molecule has 9 heteroatoms. The van der Waals surface area contributed by atoms with Gasteiger partial charge in [-0.05, 0) is 47.9 Å². The van der Waals surface area contributed by atoms with Gasteiger partial charge in [-0.25, -0.2) is 9.67 Å². The van der Waals surface area contributed by atoms with E-state index < -0.39 is 0 Å². The van der Waals surface area contributed by atoms with Crippen LogP contribution in [0.2, 0.25) is 0 Å². The largest absolute Gasteiger partial charge is 0.355 e. The lowest BCUT2D eigenvalue weighted by molar-refractivity contribution is -0.133.